The van der Waals surface area contributed by atoms with E-state index in [1.165, 1.54) is 12.1 Å². The minimum absolute atomic E-state index is 0.144. The van der Waals surface area contributed by atoms with Crippen molar-refractivity contribution in [2.75, 3.05) is 11.9 Å². The third-order valence-electron chi connectivity index (χ3n) is 2.16. The molecule has 8 heteroatoms. The Morgan fingerprint density at radius 3 is 2.67 bits per heavy atom. The van der Waals surface area contributed by atoms with Crippen LogP contribution in [0.2, 0.25) is 0 Å². The number of benzene rings is 1. The Bertz CT molecular complexity index is 492. The number of nitrogens with one attached hydrogen (secondary N) is 3. The number of aliphatic hydroxyl groups is 1. The minimum Gasteiger partial charge on any atom is -0.443 e. The lowest BCUT2D eigenvalue weighted by molar-refractivity contribution is 0.0488. The first kappa shape index (κ1) is 17.1. The molecule has 1 unspecified atom stereocenters. The summed E-state index contributed by atoms with van der Waals surface area (Å²) in [6.07, 6.45) is -1.96. The van der Waals surface area contributed by atoms with Gasteiger partial charge in [0.15, 0.2) is 11.6 Å². The smallest absolute Gasteiger partial charge is 0.422 e. The second-order valence-electron chi connectivity index (χ2n) is 5.27. The van der Waals surface area contributed by atoms with Crippen molar-refractivity contribution in [3.8, 4) is 0 Å². The molecule has 1 rings (SSSR count). The molecule has 0 aliphatic heterocycles. The van der Waals surface area contributed by atoms with Gasteiger partial charge in [-0.15, -0.1) is 0 Å². The van der Waals surface area contributed by atoms with Crippen LogP contribution in [0, 0.1) is 11.6 Å². The zero-order chi connectivity index (χ0) is 16.0. The van der Waals surface area contributed by atoms with Gasteiger partial charge in [0.1, 0.15) is 11.8 Å². The highest BCUT2D eigenvalue weighted by atomic mass is 19.2. The van der Waals surface area contributed by atoms with Gasteiger partial charge < -0.3 is 15.2 Å². The number of hydrogen-bond acceptors (Lipinski definition) is 5. The zero-order valence-corrected chi connectivity index (χ0v) is 12.0. The van der Waals surface area contributed by atoms with E-state index in [0.717, 1.165) is 6.07 Å². The Morgan fingerprint density at radius 2 is 2.05 bits per heavy atom. The van der Waals surface area contributed by atoms with Crippen LogP contribution in [-0.4, -0.2) is 29.6 Å². The molecular weight excluding hydrogens is 284 g/mol. The van der Waals surface area contributed by atoms with Crippen LogP contribution < -0.4 is 16.2 Å². The predicted octanol–water partition coefficient (Wildman–Crippen LogP) is 1.72. The van der Waals surface area contributed by atoms with Crippen molar-refractivity contribution in [2.24, 2.45) is 0 Å². The molecule has 4 N–H and O–H groups in total. The van der Waals surface area contributed by atoms with E-state index in [2.05, 4.69) is 16.2 Å². The highest BCUT2D eigenvalue weighted by Gasteiger charge is 2.16. The Balaban J connectivity index is 2.36. The average Bonchev–Trinajstić information content (AvgIpc) is 2.32. The van der Waals surface area contributed by atoms with E-state index in [9.17, 15) is 18.7 Å². The van der Waals surface area contributed by atoms with Gasteiger partial charge in [0.2, 0.25) is 0 Å². The number of aliphatic hydroxyl groups excluding tert-OH is 1. The van der Waals surface area contributed by atoms with Gasteiger partial charge in [-0.05, 0) is 32.9 Å². The summed E-state index contributed by atoms with van der Waals surface area (Å²) < 4.78 is 31.2. The lowest BCUT2D eigenvalue weighted by Gasteiger charge is -2.20. The first-order valence-electron chi connectivity index (χ1n) is 6.29. The summed E-state index contributed by atoms with van der Waals surface area (Å²) >= 11 is 0. The summed E-state index contributed by atoms with van der Waals surface area (Å²) in [5.74, 6) is -2.11. The minimum atomic E-state index is -1.24. The number of carbonyl (C=O) groups is 1. The highest BCUT2D eigenvalue weighted by Crippen LogP contribution is 2.16. The molecule has 0 aromatic heterocycles. The number of anilines is 1. The topological polar surface area (TPSA) is 82.6 Å². The van der Waals surface area contributed by atoms with E-state index in [0.29, 0.717) is 0 Å². The predicted molar refractivity (Wildman–Crippen MR) is 73.4 cm³/mol. The third-order valence-corrected chi connectivity index (χ3v) is 2.16. The van der Waals surface area contributed by atoms with Gasteiger partial charge in [-0.2, -0.15) is 0 Å². The normalized spacial score (nSPS) is 12.7. The summed E-state index contributed by atoms with van der Waals surface area (Å²) in [5, 5.41) is 12.0. The van der Waals surface area contributed by atoms with Crippen molar-refractivity contribution >= 4 is 11.8 Å². The molecule has 0 saturated carbocycles. The van der Waals surface area contributed by atoms with Gasteiger partial charge in [-0.3, -0.25) is 5.43 Å². The molecule has 21 heavy (non-hydrogen) atoms. The largest absolute Gasteiger partial charge is 0.443 e. The van der Waals surface area contributed by atoms with Crippen LogP contribution in [0.15, 0.2) is 18.2 Å². The molecule has 0 bridgehead atoms. The lowest BCUT2D eigenvalue weighted by Crippen LogP contribution is -2.45. The van der Waals surface area contributed by atoms with Crippen LogP contribution in [0.4, 0.5) is 19.3 Å². The van der Waals surface area contributed by atoms with Gasteiger partial charge in [-0.25, -0.2) is 19.0 Å². The Labute approximate surface area is 121 Å². The molecule has 0 heterocycles. The maximum absolute atomic E-state index is 13.3. The molecule has 1 atom stereocenters. The van der Waals surface area contributed by atoms with E-state index in [-0.39, 0.29) is 12.2 Å². The number of carbonyl (C=O) groups excluding carboxylic acids is 1. The lowest BCUT2D eigenvalue weighted by atomic mass is 10.2. The van der Waals surface area contributed by atoms with Crippen LogP contribution in [0.3, 0.4) is 0 Å². The van der Waals surface area contributed by atoms with Crippen LogP contribution in [0.25, 0.3) is 0 Å². The number of halogens is 2. The molecule has 118 valence electrons. The number of hydrogen-bond donors (Lipinski definition) is 4. The number of hydrazine groups is 1. The molecule has 0 aliphatic rings. The number of ether oxygens (including phenoxy) is 1. The molecular formula is C13H19F2N3O3. The van der Waals surface area contributed by atoms with Gasteiger partial charge in [0, 0.05) is 0 Å². The molecule has 0 spiro atoms. The van der Waals surface area contributed by atoms with Crippen molar-refractivity contribution < 1.29 is 23.4 Å². The quantitative estimate of drug-likeness (QED) is 0.492. The zero-order valence-electron chi connectivity index (χ0n) is 12.0. The van der Waals surface area contributed by atoms with Crippen molar-refractivity contribution in [2.45, 2.75) is 32.6 Å². The number of rotatable bonds is 5. The maximum Gasteiger partial charge on any atom is 0.422 e. The molecule has 0 saturated heterocycles. The van der Waals surface area contributed by atoms with Gasteiger partial charge >= 0.3 is 6.09 Å². The molecule has 1 aromatic carbocycles. The molecule has 6 nitrogen and oxygen atoms in total. The molecule has 1 aromatic rings. The van der Waals surface area contributed by atoms with Gasteiger partial charge in [-0.1, -0.05) is 6.07 Å². The highest BCUT2D eigenvalue weighted by molar-refractivity contribution is 5.66. The number of amides is 1. The summed E-state index contributed by atoms with van der Waals surface area (Å²) in [7, 11) is 0. The second-order valence-corrected chi connectivity index (χ2v) is 5.27. The van der Waals surface area contributed by atoms with E-state index in [1.54, 1.807) is 20.8 Å². The van der Waals surface area contributed by atoms with Crippen molar-refractivity contribution in [1.82, 2.24) is 10.9 Å². The van der Waals surface area contributed by atoms with Gasteiger partial charge in [0.25, 0.3) is 0 Å². The SMILES string of the molecule is CC(C)(C)OC(=O)NNCC(O)Nc1cccc(F)c1F. The summed E-state index contributed by atoms with van der Waals surface area (Å²) in [6, 6.07) is 3.55. The summed E-state index contributed by atoms with van der Waals surface area (Å²) in [6.45, 7) is 4.97. The van der Waals surface area contributed by atoms with E-state index < -0.39 is 29.6 Å². The third kappa shape index (κ3) is 6.37. The summed E-state index contributed by atoms with van der Waals surface area (Å²) in [4.78, 5) is 11.3. The summed E-state index contributed by atoms with van der Waals surface area (Å²) in [5.41, 5.74) is 3.79. The molecule has 1 amide bonds. The maximum atomic E-state index is 13.3. The Hall–Kier alpha value is -1.93. The van der Waals surface area contributed by atoms with Crippen molar-refractivity contribution in [3.05, 3.63) is 29.8 Å². The van der Waals surface area contributed by atoms with E-state index in [4.69, 9.17) is 4.74 Å². The standard InChI is InChI=1S/C13H19F2N3O3/c1-13(2,3)21-12(20)18-16-7-10(19)17-9-6-4-5-8(14)11(9)15/h4-6,10,16-17,19H,7H2,1-3H3,(H,18,20). The first-order chi connectivity index (χ1) is 9.69. The van der Waals surface area contributed by atoms with E-state index in [1.807, 2.05) is 0 Å². The second kappa shape index (κ2) is 7.19. The van der Waals surface area contributed by atoms with Crippen molar-refractivity contribution in [3.63, 3.8) is 0 Å². The van der Waals surface area contributed by atoms with Crippen LogP contribution in [0.1, 0.15) is 20.8 Å². The molecule has 0 fully saturated rings. The molecule has 0 aliphatic carbocycles. The Morgan fingerprint density at radius 1 is 1.38 bits per heavy atom. The Kier molecular flexibility index (Phi) is 5.86. The fraction of sp³-hybridized carbons (Fsp3) is 0.462. The van der Waals surface area contributed by atoms with Crippen LogP contribution >= 0.6 is 0 Å². The monoisotopic (exact) mass is 303 g/mol. The molecule has 0 radical (unpaired) electrons. The fourth-order valence-electron chi connectivity index (χ4n) is 1.37. The average molecular weight is 303 g/mol. The first-order valence-corrected chi connectivity index (χ1v) is 6.29. The van der Waals surface area contributed by atoms with Crippen LogP contribution in [0.5, 0.6) is 0 Å². The van der Waals surface area contributed by atoms with E-state index >= 15 is 0 Å². The fourth-order valence-corrected chi connectivity index (χ4v) is 1.37. The van der Waals surface area contributed by atoms with Crippen molar-refractivity contribution in [1.29, 1.82) is 0 Å². The van der Waals surface area contributed by atoms with Crippen LogP contribution in [-0.2, 0) is 4.74 Å². The van der Waals surface area contributed by atoms with Gasteiger partial charge in [0.05, 0.1) is 12.2 Å².